The minimum absolute atomic E-state index is 0.337. The third kappa shape index (κ3) is 3.82. The molecule has 17 heavy (non-hydrogen) atoms. The molecule has 1 unspecified atom stereocenters. The Morgan fingerprint density at radius 1 is 1.47 bits per heavy atom. The van der Waals surface area contributed by atoms with Crippen molar-refractivity contribution in [1.29, 1.82) is 5.26 Å². The van der Waals surface area contributed by atoms with Crippen LogP contribution < -0.4 is 5.32 Å². The zero-order valence-electron chi connectivity index (χ0n) is 8.98. The molecule has 0 fully saturated rings. The lowest BCUT2D eigenvalue weighted by Gasteiger charge is -2.15. The summed E-state index contributed by atoms with van der Waals surface area (Å²) in [5.74, 6) is -2.04. The Hall–Kier alpha value is -1.41. The second-order valence-corrected chi connectivity index (χ2v) is 3.99. The molecule has 0 radical (unpaired) electrons. The molecule has 6 heteroatoms. The van der Waals surface area contributed by atoms with E-state index in [-0.39, 0.29) is 0 Å². The van der Waals surface area contributed by atoms with Gasteiger partial charge in [0.2, 0.25) is 0 Å². The van der Waals surface area contributed by atoms with Crippen molar-refractivity contribution in [2.75, 3.05) is 11.9 Å². The normalized spacial score (nSPS) is 12.9. The minimum Gasteiger partial charge on any atom is -0.382 e. The lowest BCUT2D eigenvalue weighted by molar-refractivity contribution is -0.155. The highest BCUT2D eigenvalue weighted by atomic mass is 35.5. The highest BCUT2D eigenvalue weighted by Gasteiger charge is 2.39. The van der Waals surface area contributed by atoms with Gasteiger partial charge in [-0.3, -0.25) is 0 Å². The number of nitrogens with one attached hydrogen (secondary N) is 1. The van der Waals surface area contributed by atoms with Gasteiger partial charge in [-0.25, -0.2) is 0 Å². The number of nitriles is 1. The largest absolute Gasteiger partial charge is 0.406 e. The van der Waals surface area contributed by atoms with Gasteiger partial charge in [-0.1, -0.05) is 17.7 Å². The number of hydrogen-bond donors (Lipinski definition) is 1. The van der Waals surface area contributed by atoms with E-state index in [9.17, 15) is 13.2 Å². The molecule has 0 aromatic heterocycles. The summed E-state index contributed by atoms with van der Waals surface area (Å²) in [7, 11) is 0. The highest BCUT2D eigenvalue weighted by Crippen LogP contribution is 2.28. The molecule has 0 amide bonds. The maximum Gasteiger partial charge on any atom is 0.406 e. The van der Waals surface area contributed by atoms with Crippen LogP contribution in [0.4, 0.5) is 18.9 Å². The number of benzene rings is 1. The Labute approximate surface area is 102 Å². The fourth-order valence-electron chi connectivity index (χ4n) is 1.21. The van der Waals surface area contributed by atoms with Crippen LogP contribution in [0, 0.1) is 24.2 Å². The summed E-state index contributed by atoms with van der Waals surface area (Å²) < 4.78 is 36.9. The molecule has 92 valence electrons. The van der Waals surface area contributed by atoms with E-state index in [1.165, 1.54) is 6.07 Å². The van der Waals surface area contributed by atoms with Crippen LogP contribution >= 0.6 is 11.6 Å². The van der Waals surface area contributed by atoms with E-state index in [1.54, 1.807) is 18.2 Å². The fraction of sp³-hybridized carbons (Fsp3) is 0.364. The molecule has 1 aromatic rings. The topological polar surface area (TPSA) is 35.8 Å². The number of anilines is 1. The third-order valence-electron chi connectivity index (χ3n) is 2.17. The van der Waals surface area contributed by atoms with Gasteiger partial charge in [0.25, 0.3) is 0 Å². The molecular formula is C11H10ClF3N2. The lowest BCUT2D eigenvalue weighted by Crippen LogP contribution is -2.28. The molecule has 0 spiro atoms. The number of aryl methyl sites for hydroxylation is 1. The van der Waals surface area contributed by atoms with E-state index in [1.807, 2.05) is 6.92 Å². The van der Waals surface area contributed by atoms with Gasteiger partial charge in [-0.2, -0.15) is 18.4 Å². The van der Waals surface area contributed by atoms with Crippen LogP contribution in [-0.2, 0) is 0 Å². The summed E-state index contributed by atoms with van der Waals surface area (Å²) in [6.45, 7) is 1.31. The molecule has 0 aliphatic carbocycles. The molecule has 0 saturated heterocycles. The predicted molar refractivity (Wildman–Crippen MR) is 59.8 cm³/mol. The zero-order chi connectivity index (χ0) is 13.1. The molecule has 0 aliphatic rings. The highest BCUT2D eigenvalue weighted by molar-refractivity contribution is 6.33. The lowest BCUT2D eigenvalue weighted by atomic mass is 10.1. The van der Waals surface area contributed by atoms with Gasteiger partial charge in [0.05, 0.1) is 16.8 Å². The van der Waals surface area contributed by atoms with E-state index in [0.29, 0.717) is 10.7 Å². The van der Waals surface area contributed by atoms with Crippen LogP contribution in [-0.4, -0.2) is 12.7 Å². The number of halogens is 4. The van der Waals surface area contributed by atoms with E-state index in [0.717, 1.165) is 5.56 Å². The van der Waals surface area contributed by atoms with Crippen molar-refractivity contribution in [1.82, 2.24) is 0 Å². The van der Waals surface area contributed by atoms with E-state index < -0.39 is 18.6 Å². The Morgan fingerprint density at radius 3 is 2.59 bits per heavy atom. The van der Waals surface area contributed by atoms with Crippen LogP contribution in [0.2, 0.25) is 5.02 Å². The molecule has 0 aliphatic heterocycles. The number of nitrogens with zero attached hydrogens (tertiary/aromatic N) is 1. The van der Waals surface area contributed by atoms with Gasteiger partial charge >= 0.3 is 6.18 Å². The van der Waals surface area contributed by atoms with E-state index in [4.69, 9.17) is 16.9 Å². The molecule has 0 bridgehead atoms. The van der Waals surface area contributed by atoms with Crippen molar-refractivity contribution in [2.45, 2.75) is 13.1 Å². The van der Waals surface area contributed by atoms with Gasteiger partial charge in [0, 0.05) is 6.54 Å². The average molecular weight is 263 g/mol. The number of rotatable bonds is 3. The van der Waals surface area contributed by atoms with Gasteiger partial charge in [-0.05, 0) is 24.6 Å². The van der Waals surface area contributed by atoms with Crippen LogP contribution in [0.5, 0.6) is 0 Å². The first-order chi connectivity index (χ1) is 7.84. The average Bonchev–Trinajstić information content (AvgIpc) is 2.19. The second kappa shape index (κ2) is 5.28. The first kappa shape index (κ1) is 13.7. The van der Waals surface area contributed by atoms with E-state index in [2.05, 4.69) is 5.32 Å². The Bertz CT molecular complexity index is 437. The molecule has 0 heterocycles. The van der Waals surface area contributed by atoms with Crippen molar-refractivity contribution in [2.24, 2.45) is 5.92 Å². The van der Waals surface area contributed by atoms with Crippen molar-refractivity contribution >= 4 is 17.3 Å². The molecular weight excluding hydrogens is 253 g/mol. The SMILES string of the molecule is Cc1ccc(NCC(C#N)C(F)(F)F)c(Cl)c1. The zero-order valence-corrected chi connectivity index (χ0v) is 9.73. The maximum absolute atomic E-state index is 12.3. The molecule has 2 nitrogen and oxygen atoms in total. The summed E-state index contributed by atoms with van der Waals surface area (Å²) in [6.07, 6.45) is -4.53. The summed E-state index contributed by atoms with van der Waals surface area (Å²) in [5.41, 5.74) is 1.30. The fourth-order valence-corrected chi connectivity index (χ4v) is 1.51. The molecule has 1 atom stereocenters. The Balaban J connectivity index is 2.71. The van der Waals surface area contributed by atoms with Crippen molar-refractivity contribution in [3.8, 4) is 6.07 Å². The molecule has 1 aromatic carbocycles. The van der Waals surface area contributed by atoms with Gasteiger partial charge in [0.1, 0.15) is 0 Å². The Morgan fingerprint density at radius 2 is 2.12 bits per heavy atom. The smallest absolute Gasteiger partial charge is 0.382 e. The summed E-state index contributed by atoms with van der Waals surface area (Å²) in [4.78, 5) is 0. The summed E-state index contributed by atoms with van der Waals surface area (Å²) >= 11 is 5.84. The van der Waals surface area contributed by atoms with Gasteiger partial charge in [-0.15, -0.1) is 0 Å². The van der Waals surface area contributed by atoms with Crippen molar-refractivity contribution in [3.63, 3.8) is 0 Å². The first-order valence-electron chi connectivity index (χ1n) is 4.81. The van der Waals surface area contributed by atoms with Crippen LogP contribution in [0.25, 0.3) is 0 Å². The monoisotopic (exact) mass is 262 g/mol. The van der Waals surface area contributed by atoms with Crippen LogP contribution in [0.1, 0.15) is 5.56 Å². The standard InChI is InChI=1S/C11H10ClF3N2/c1-7-2-3-10(9(12)4-7)17-6-8(5-16)11(13,14)15/h2-4,8,17H,6H2,1H3. The quantitative estimate of drug-likeness (QED) is 0.900. The third-order valence-corrected chi connectivity index (χ3v) is 2.48. The maximum atomic E-state index is 12.3. The van der Waals surface area contributed by atoms with E-state index >= 15 is 0 Å². The number of hydrogen-bond acceptors (Lipinski definition) is 2. The minimum atomic E-state index is -4.53. The van der Waals surface area contributed by atoms with Crippen molar-refractivity contribution < 1.29 is 13.2 Å². The Kier molecular flexibility index (Phi) is 4.24. The molecule has 0 saturated carbocycles. The van der Waals surface area contributed by atoms with Gasteiger partial charge in [0.15, 0.2) is 5.92 Å². The first-order valence-corrected chi connectivity index (χ1v) is 5.18. The summed E-state index contributed by atoms with van der Waals surface area (Å²) in [5, 5.41) is 11.3. The molecule has 1 rings (SSSR count). The molecule has 1 N–H and O–H groups in total. The summed E-state index contributed by atoms with van der Waals surface area (Å²) in [6, 6.07) is 6.16. The number of alkyl halides is 3. The van der Waals surface area contributed by atoms with Crippen LogP contribution in [0.3, 0.4) is 0 Å². The second-order valence-electron chi connectivity index (χ2n) is 3.59. The predicted octanol–water partition coefficient (Wildman–Crippen LogP) is 3.76. The van der Waals surface area contributed by atoms with Gasteiger partial charge < -0.3 is 5.32 Å². The van der Waals surface area contributed by atoms with Crippen molar-refractivity contribution in [3.05, 3.63) is 28.8 Å². The van der Waals surface area contributed by atoms with Crippen LogP contribution in [0.15, 0.2) is 18.2 Å².